The monoisotopic (exact) mass is 288 g/mol. The molecule has 0 bridgehead atoms. The molecule has 0 amide bonds. The Morgan fingerprint density at radius 3 is 2.67 bits per heavy atom. The van der Waals surface area contributed by atoms with Gasteiger partial charge in [0.2, 0.25) is 10.0 Å². The number of hydrogen-bond donors (Lipinski definition) is 2. The molecular weight excluding hydrogens is 272 g/mol. The first-order valence-electron chi connectivity index (χ1n) is 5.27. The van der Waals surface area contributed by atoms with Crippen molar-refractivity contribution in [1.82, 2.24) is 4.72 Å². The summed E-state index contributed by atoms with van der Waals surface area (Å²) in [4.78, 5) is 0.466. The highest BCUT2D eigenvalue weighted by Gasteiger charge is 2.16. The zero-order chi connectivity index (χ0) is 13.8. The van der Waals surface area contributed by atoms with Crippen LogP contribution < -0.4 is 10.5 Å². The summed E-state index contributed by atoms with van der Waals surface area (Å²) in [5.74, 6) is 0. The number of hydrogen-bond acceptors (Lipinski definition) is 4. The van der Waals surface area contributed by atoms with Gasteiger partial charge in [0.25, 0.3) is 0 Å². The van der Waals surface area contributed by atoms with E-state index in [-0.39, 0.29) is 16.4 Å². The molecule has 7 heteroatoms. The third-order valence-corrected chi connectivity index (χ3v) is 4.20. The van der Waals surface area contributed by atoms with E-state index in [0.29, 0.717) is 17.7 Å². The standard InChI is InChI=1S/C11H16N2O3S2/c1-8-7-9(11(12)17)3-4-10(8)18(14,15)13-5-6-16-2/h3-4,7,13H,5-6H2,1-2H3,(H2,12,17). The number of rotatable bonds is 6. The Bertz CT molecular complexity index is 541. The Balaban J connectivity index is 2.99. The molecule has 0 aliphatic heterocycles. The molecule has 18 heavy (non-hydrogen) atoms. The smallest absolute Gasteiger partial charge is 0.240 e. The molecule has 1 aromatic carbocycles. The number of nitrogens with one attached hydrogen (secondary N) is 1. The lowest BCUT2D eigenvalue weighted by Gasteiger charge is -2.10. The van der Waals surface area contributed by atoms with Gasteiger partial charge in [-0.2, -0.15) is 0 Å². The summed E-state index contributed by atoms with van der Waals surface area (Å²) in [6, 6.07) is 4.76. The molecule has 0 spiro atoms. The largest absolute Gasteiger partial charge is 0.389 e. The summed E-state index contributed by atoms with van der Waals surface area (Å²) in [5, 5.41) is 0. The molecule has 1 rings (SSSR count). The van der Waals surface area contributed by atoms with Gasteiger partial charge in [-0.25, -0.2) is 13.1 Å². The van der Waals surface area contributed by atoms with E-state index in [4.69, 9.17) is 22.7 Å². The van der Waals surface area contributed by atoms with Crippen molar-refractivity contribution in [1.29, 1.82) is 0 Å². The van der Waals surface area contributed by atoms with Crippen LogP contribution in [0.15, 0.2) is 23.1 Å². The van der Waals surface area contributed by atoms with E-state index in [9.17, 15) is 8.42 Å². The average molecular weight is 288 g/mol. The second kappa shape index (κ2) is 6.24. The summed E-state index contributed by atoms with van der Waals surface area (Å²) in [6.45, 7) is 2.26. The van der Waals surface area contributed by atoms with E-state index >= 15 is 0 Å². The van der Waals surface area contributed by atoms with Crippen LogP contribution in [0.3, 0.4) is 0 Å². The van der Waals surface area contributed by atoms with E-state index in [1.807, 2.05) is 0 Å². The van der Waals surface area contributed by atoms with Crippen molar-refractivity contribution < 1.29 is 13.2 Å². The van der Waals surface area contributed by atoms with Crippen LogP contribution in [0.1, 0.15) is 11.1 Å². The summed E-state index contributed by atoms with van der Waals surface area (Å²) >= 11 is 4.84. The number of nitrogens with two attached hydrogens (primary N) is 1. The zero-order valence-electron chi connectivity index (χ0n) is 10.3. The lowest BCUT2D eigenvalue weighted by molar-refractivity contribution is 0.204. The van der Waals surface area contributed by atoms with Crippen LogP contribution in [-0.2, 0) is 14.8 Å². The number of sulfonamides is 1. The SMILES string of the molecule is COCCNS(=O)(=O)c1ccc(C(N)=S)cc1C. The van der Waals surface area contributed by atoms with Gasteiger partial charge in [0.05, 0.1) is 11.5 Å². The quantitative estimate of drug-likeness (QED) is 0.590. The minimum absolute atomic E-state index is 0.221. The first kappa shape index (κ1) is 15.0. The van der Waals surface area contributed by atoms with E-state index in [1.54, 1.807) is 19.1 Å². The molecule has 0 aliphatic carbocycles. The highest BCUT2D eigenvalue weighted by molar-refractivity contribution is 7.89. The summed E-state index contributed by atoms with van der Waals surface area (Å²) in [6.07, 6.45) is 0. The highest BCUT2D eigenvalue weighted by atomic mass is 32.2. The molecule has 0 aliphatic rings. The van der Waals surface area contributed by atoms with E-state index in [1.165, 1.54) is 13.2 Å². The Morgan fingerprint density at radius 2 is 2.17 bits per heavy atom. The molecule has 1 aromatic rings. The molecule has 0 atom stereocenters. The van der Waals surface area contributed by atoms with Gasteiger partial charge in [0, 0.05) is 19.2 Å². The van der Waals surface area contributed by atoms with Gasteiger partial charge in [-0.3, -0.25) is 0 Å². The van der Waals surface area contributed by atoms with Crippen LogP contribution in [0.2, 0.25) is 0 Å². The van der Waals surface area contributed by atoms with Gasteiger partial charge in [-0.05, 0) is 24.6 Å². The zero-order valence-corrected chi connectivity index (χ0v) is 11.9. The minimum atomic E-state index is -3.52. The van der Waals surface area contributed by atoms with Crippen molar-refractivity contribution in [3.63, 3.8) is 0 Å². The van der Waals surface area contributed by atoms with E-state index in [2.05, 4.69) is 4.72 Å². The number of ether oxygens (including phenoxy) is 1. The number of aryl methyl sites for hydroxylation is 1. The number of benzene rings is 1. The Labute approximate surface area is 112 Å². The maximum Gasteiger partial charge on any atom is 0.240 e. The van der Waals surface area contributed by atoms with Crippen molar-refractivity contribution in [3.8, 4) is 0 Å². The fourth-order valence-corrected chi connectivity index (χ4v) is 2.82. The van der Waals surface area contributed by atoms with E-state index < -0.39 is 10.0 Å². The lowest BCUT2D eigenvalue weighted by atomic mass is 10.1. The van der Waals surface area contributed by atoms with Crippen LogP contribution >= 0.6 is 12.2 Å². The molecule has 100 valence electrons. The van der Waals surface area contributed by atoms with Gasteiger partial charge in [0.1, 0.15) is 4.99 Å². The third kappa shape index (κ3) is 3.74. The maximum atomic E-state index is 12.0. The van der Waals surface area contributed by atoms with Crippen LogP contribution in [0.4, 0.5) is 0 Å². The molecule has 0 aromatic heterocycles. The number of methoxy groups -OCH3 is 1. The Kier molecular flexibility index (Phi) is 5.21. The molecule has 0 heterocycles. The second-order valence-corrected chi connectivity index (χ2v) is 5.91. The first-order valence-corrected chi connectivity index (χ1v) is 7.16. The fraction of sp³-hybridized carbons (Fsp3) is 0.364. The topological polar surface area (TPSA) is 81.4 Å². The molecule has 3 N–H and O–H groups in total. The first-order chi connectivity index (χ1) is 8.38. The van der Waals surface area contributed by atoms with Crippen molar-refractivity contribution in [3.05, 3.63) is 29.3 Å². The fourth-order valence-electron chi connectivity index (χ4n) is 1.46. The van der Waals surface area contributed by atoms with Crippen LogP contribution in [0.25, 0.3) is 0 Å². The van der Waals surface area contributed by atoms with Crippen LogP contribution in [-0.4, -0.2) is 33.7 Å². The van der Waals surface area contributed by atoms with Crippen LogP contribution in [0, 0.1) is 6.92 Å². The van der Waals surface area contributed by atoms with Crippen molar-refractivity contribution >= 4 is 27.2 Å². The molecule has 0 radical (unpaired) electrons. The summed E-state index contributed by atoms with van der Waals surface area (Å²) in [5.41, 5.74) is 6.74. The predicted molar refractivity (Wildman–Crippen MR) is 74.1 cm³/mol. The summed E-state index contributed by atoms with van der Waals surface area (Å²) < 4.78 is 31.2. The van der Waals surface area contributed by atoms with Gasteiger partial charge >= 0.3 is 0 Å². The van der Waals surface area contributed by atoms with Crippen LogP contribution in [0.5, 0.6) is 0 Å². The molecule has 0 saturated carbocycles. The normalized spacial score (nSPS) is 11.4. The minimum Gasteiger partial charge on any atom is -0.389 e. The highest BCUT2D eigenvalue weighted by Crippen LogP contribution is 2.16. The Morgan fingerprint density at radius 1 is 1.50 bits per heavy atom. The molecule has 0 saturated heterocycles. The second-order valence-electron chi connectivity index (χ2n) is 3.74. The molecule has 5 nitrogen and oxygen atoms in total. The van der Waals surface area contributed by atoms with Gasteiger partial charge < -0.3 is 10.5 Å². The van der Waals surface area contributed by atoms with Crippen molar-refractivity contribution in [2.45, 2.75) is 11.8 Å². The van der Waals surface area contributed by atoms with Gasteiger partial charge in [0.15, 0.2) is 0 Å². The lowest BCUT2D eigenvalue weighted by Crippen LogP contribution is -2.27. The van der Waals surface area contributed by atoms with Gasteiger partial charge in [-0.15, -0.1) is 0 Å². The Hall–Kier alpha value is -1.02. The van der Waals surface area contributed by atoms with E-state index in [0.717, 1.165) is 0 Å². The maximum absolute atomic E-state index is 12.0. The van der Waals surface area contributed by atoms with Crippen molar-refractivity contribution in [2.24, 2.45) is 5.73 Å². The molecule has 0 fully saturated rings. The number of thiocarbonyl (C=S) groups is 1. The predicted octanol–water partition coefficient (Wildman–Crippen LogP) is 0.554. The third-order valence-electron chi connectivity index (χ3n) is 2.35. The van der Waals surface area contributed by atoms with Crippen molar-refractivity contribution in [2.75, 3.05) is 20.3 Å². The summed E-state index contributed by atoms with van der Waals surface area (Å²) in [7, 11) is -2.01. The average Bonchev–Trinajstić information content (AvgIpc) is 2.28. The molecule has 0 unspecified atom stereocenters. The van der Waals surface area contributed by atoms with Gasteiger partial charge in [-0.1, -0.05) is 18.3 Å². The molecular formula is C11H16N2O3S2.